The third kappa shape index (κ3) is 2.93. The molecule has 0 fully saturated rings. The van der Waals surface area contributed by atoms with Crippen LogP contribution >= 0.6 is 11.6 Å². The maximum Gasteiger partial charge on any atom is 0.134 e. The van der Waals surface area contributed by atoms with E-state index in [0.29, 0.717) is 11.6 Å². The van der Waals surface area contributed by atoms with Crippen molar-refractivity contribution in [3.63, 3.8) is 0 Å². The monoisotopic (exact) mass is 303 g/mol. The van der Waals surface area contributed by atoms with Crippen LogP contribution in [0.5, 0.6) is 11.5 Å². The molecule has 110 valence electrons. The topological polar surface area (TPSA) is 41.5 Å². The molecule has 2 aromatic rings. The number of phenolic OH excluding ortho intramolecular Hbond substituents is 1. The first kappa shape index (κ1) is 14.1. The lowest BCUT2D eigenvalue weighted by molar-refractivity contribution is 0.137. The molecule has 2 N–H and O–H groups in total. The van der Waals surface area contributed by atoms with Gasteiger partial charge in [0.25, 0.3) is 0 Å². The molecule has 0 saturated carbocycles. The molecular formula is C17H18ClNO2. The second-order valence-corrected chi connectivity index (χ2v) is 6.37. The molecule has 0 unspecified atom stereocenters. The minimum absolute atomic E-state index is 0.0907. The first-order valence-electron chi connectivity index (χ1n) is 6.97. The lowest BCUT2D eigenvalue weighted by Crippen LogP contribution is -2.25. The summed E-state index contributed by atoms with van der Waals surface area (Å²) >= 11 is 5.91. The Morgan fingerprint density at radius 2 is 2.10 bits per heavy atom. The molecule has 1 aliphatic rings. The fourth-order valence-electron chi connectivity index (χ4n) is 2.63. The van der Waals surface area contributed by atoms with Crippen LogP contribution in [-0.2, 0) is 13.0 Å². The van der Waals surface area contributed by atoms with E-state index in [2.05, 4.69) is 37.4 Å². The van der Waals surface area contributed by atoms with Gasteiger partial charge in [-0.2, -0.15) is 0 Å². The number of para-hydroxylation sites is 1. The van der Waals surface area contributed by atoms with E-state index in [-0.39, 0.29) is 11.4 Å². The lowest BCUT2D eigenvalue weighted by atomic mass is 10.0. The number of ether oxygens (including phenoxy) is 1. The summed E-state index contributed by atoms with van der Waals surface area (Å²) in [5.41, 5.74) is 3.11. The number of hydrogen-bond donors (Lipinski definition) is 2. The molecule has 0 bridgehead atoms. The number of hydrogen-bond acceptors (Lipinski definition) is 3. The van der Waals surface area contributed by atoms with Gasteiger partial charge in [0.1, 0.15) is 17.1 Å². The fourth-order valence-corrected chi connectivity index (χ4v) is 2.81. The van der Waals surface area contributed by atoms with Gasteiger partial charge in [-0.25, -0.2) is 0 Å². The molecule has 1 aliphatic heterocycles. The quantitative estimate of drug-likeness (QED) is 0.827. The Balaban J connectivity index is 1.78. The number of phenols is 1. The molecule has 0 amide bonds. The molecule has 4 heteroatoms. The van der Waals surface area contributed by atoms with Crippen molar-refractivity contribution in [3.8, 4) is 11.5 Å². The Morgan fingerprint density at radius 3 is 2.86 bits per heavy atom. The minimum Gasteiger partial charge on any atom is -0.506 e. The van der Waals surface area contributed by atoms with Crippen LogP contribution in [0.1, 0.15) is 25.0 Å². The van der Waals surface area contributed by atoms with Crippen molar-refractivity contribution in [1.82, 2.24) is 0 Å². The highest BCUT2D eigenvalue weighted by molar-refractivity contribution is 6.32. The average molecular weight is 304 g/mol. The minimum atomic E-state index is -0.139. The van der Waals surface area contributed by atoms with Gasteiger partial charge in [-0.3, -0.25) is 0 Å². The van der Waals surface area contributed by atoms with E-state index in [4.69, 9.17) is 16.3 Å². The average Bonchev–Trinajstić information content (AvgIpc) is 2.74. The van der Waals surface area contributed by atoms with E-state index in [1.54, 1.807) is 18.2 Å². The van der Waals surface area contributed by atoms with Gasteiger partial charge in [0.2, 0.25) is 0 Å². The Morgan fingerprint density at radius 1 is 1.29 bits per heavy atom. The van der Waals surface area contributed by atoms with Crippen LogP contribution in [0.25, 0.3) is 0 Å². The number of rotatable bonds is 3. The van der Waals surface area contributed by atoms with E-state index in [1.165, 1.54) is 5.56 Å². The summed E-state index contributed by atoms with van der Waals surface area (Å²) in [6.07, 6.45) is 0.932. The van der Waals surface area contributed by atoms with Gasteiger partial charge >= 0.3 is 0 Å². The van der Waals surface area contributed by atoms with Gasteiger partial charge in [0.05, 0.1) is 5.02 Å². The number of halogens is 1. The molecule has 0 atom stereocenters. The number of anilines is 1. The molecule has 2 aromatic carbocycles. The molecule has 1 heterocycles. The fraction of sp³-hybridized carbons (Fsp3) is 0.294. The molecule has 21 heavy (non-hydrogen) atoms. The summed E-state index contributed by atoms with van der Waals surface area (Å²) in [6.45, 7) is 4.86. The molecule has 0 aromatic heterocycles. The summed E-state index contributed by atoms with van der Waals surface area (Å²) in [7, 11) is 0. The predicted octanol–water partition coefficient (Wildman–Crippen LogP) is 4.37. The van der Waals surface area contributed by atoms with E-state index in [0.717, 1.165) is 23.4 Å². The van der Waals surface area contributed by atoms with Crippen LogP contribution in [-0.4, -0.2) is 10.7 Å². The zero-order valence-electron chi connectivity index (χ0n) is 12.1. The van der Waals surface area contributed by atoms with E-state index < -0.39 is 0 Å². The highest BCUT2D eigenvalue weighted by Crippen LogP contribution is 2.38. The maximum absolute atomic E-state index is 9.43. The van der Waals surface area contributed by atoms with Crippen LogP contribution in [0.15, 0.2) is 36.4 Å². The van der Waals surface area contributed by atoms with Crippen molar-refractivity contribution in [1.29, 1.82) is 0 Å². The molecule has 3 nitrogen and oxygen atoms in total. The molecule has 0 aliphatic carbocycles. The second kappa shape index (κ2) is 5.15. The normalized spacial score (nSPS) is 15.4. The predicted molar refractivity (Wildman–Crippen MR) is 85.3 cm³/mol. The van der Waals surface area contributed by atoms with Gasteiger partial charge < -0.3 is 15.2 Å². The summed E-state index contributed by atoms with van der Waals surface area (Å²) in [5, 5.41) is 13.1. The van der Waals surface area contributed by atoms with Crippen molar-refractivity contribution in [2.24, 2.45) is 0 Å². The Bertz CT molecular complexity index is 682. The molecule has 0 saturated heterocycles. The standard InChI is InChI=1S/C17H18ClNO2/c1-17(2)9-11-4-3-5-12(16(11)21-17)10-19-13-6-7-15(20)14(18)8-13/h3-8,19-20H,9-10H2,1-2H3. The van der Waals surface area contributed by atoms with Gasteiger partial charge in [-0.1, -0.05) is 29.8 Å². The zero-order valence-corrected chi connectivity index (χ0v) is 12.9. The molecule has 0 spiro atoms. The largest absolute Gasteiger partial charge is 0.506 e. The van der Waals surface area contributed by atoms with E-state index >= 15 is 0 Å². The maximum atomic E-state index is 9.43. The highest BCUT2D eigenvalue weighted by atomic mass is 35.5. The van der Waals surface area contributed by atoms with Crippen molar-refractivity contribution in [2.45, 2.75) is 32.4 Å². The summed E-state index contributed by atoms with van der Waals surface area (Å²) in [6, 6.07) is 11.3. The zero-order chi connectivity index (χ0) is 15.0. The third-order valence-electron chi connectivity index (χ3n) is 3.60. The molecule has 3 rings (SSSR count). The van der Waals surface area contributed by atoms with Crippen LogP contribution in [0.4, 0.5) is 5.69 Å². The SMILES string of the molecule is CC1(C)Cc2cccc(CNc3ccc(O)c(Cl)c3)c2O1. The summed E-state index contributed by atoms with van der Waals surface area (Å²) < 4.78 is 6.05. The number of nitrogens with one attached hydrogen (secondary N) is 1. The number of aromatic hydroxyl groups is 1. The van der Waals surface area contributed by atoms with Gasteiger partial charge in [0.15, 0.2) is 0 Å². The summed E-state index contributed by atoms with van der Waals surface area (Å²) in [4.78, 5) is 0. The van der Waals surface area contributed by atoms with Crippen molar-refractivity contribution < 1.29 is 9.84 Å². The third-order valence-corrected chi connectivity index (χ3v) is 3.91. The van der Waals surface area contributed by atoms with Gasteiger partial charge in [0, 0.05) is 24.2 Å². The molecular weight excluding hydrogens is 286 g/mol. The van der Waals surface area contributed by atoms with Crippen LogP contribution < -0.4 is 10.1 Å². The Hall–Kier alpha value is -1.87. The Kier molecular flexibility index (Phi) is 3.46. The van der Waals surface area contributed by atoms with Gasteiger partial charge in [-0.15, -0.1) is 0 Å². The van der Waals surface area contributed by atoms with Crippen molar-refractivity contribution >= 4 is 17.3 Å². The van der Waals surface area contributed by atoms with E-state index in [9.17, 15) is 5.11 Å². The van der Waals surface area contributed by atoms with Crippen LogP contribution in [0.3, 0.4) is 0 Å². The van der Waals surface area contributed by atoms with Crippen molar-refractivity contribution in [3.05, 3.63) is 52.5 Å². The summed E-state index contributed by atoms with van der Waals surface area (Å²) in [5.74, 6) is 1.08. The van der Waals surface area contributed by atoms with E-state index in [1.807, 2.05) is 0 Å². The van der Waals surface area contributed by atoms with Crippen LogP contribution in [0, 0.1) is 0 Å². The number of benzene rings is 2. The molecule has 0 radical (unpaired) electrons. The smallest absolute Gasteiger partial charge is 0.134 e. The second-order valence-electron chi connectivity index (χ2n) is 5.96. The van der Waals surface area contributed by atoms with Crippen molar-refractivity contribution in [2.75, 3.05) is 5.32 Å². The lowest BCUT2D eigenvalue weighted by Gasteiger charge is -2.18. The first-order chi connectivity index (χ1) is 9.94. The van der Waals surface area contributed by atoms with Gasteiger partial charge in [-0.05, 0) is 37.6 Å². The number of fused-ring (bicyclic) bond motifs is 1. The highest BCUT2D eigenvalue weighted by Gasteiger charge is 2.31. The Labute approximate surface area is 129 Å². The van der Waals surface area contributed by atoms with Crippen LogP contribution in [0.2, 0.25) is 5.02 Å². The first-order valence-corrected chi connectivity index (χ1v) is 7.35.